The van der Waals surface area contributed by atoms with E-state index >= 15 is 0 Å². The van der Waals surface area contributed by atoms with E-state index in [0.29, 0.717) is 0 Å². The Morgan fingerprint density at radius 2 is 0.944 bits per heavy atom. The van der Waals surface area contributed by atoms with E-state index in [0.717, 1.165) is 0 Å². The molecule has 1 aliphatic rings. The molecule has 0 bridgehead atoms. The smallest absolute Gasteiger partial charge is 0.397 e. The molecule has 0 saturated carbocycles. The molecule has 0 aromatic carbocycles. The van der Waals surface area contributed by atoms with Crippen LogP contribution in [0, 0.1) is 0 Å². The lowest BCUT2D eigenvalue weighted by atomic mass is 11.9. The Kier molecular flexibility index (Phi) is 5.27. The van der Waals surface area contributed by atoms with Crippen LogP contribution in [-0.2, 0) is 20.6 Å². The van der Waals surface area contributed by atoms with Crippen molar-refractivity contribution in [3.63, 3.8) is 0 Å². The fourth-order valence-electron chi connectivity index (χ4n) is 1.71. The number of hydrogen-bond acceptors (Lipinski definition) is 8. The van der Waals surface area contributed by atoms with Crippen LogP contribution in [0.4, 0.5) is 0 Å². The van der Waals surface area contributed by atoms with E-state index in [-0.39, 0.29) is 0 Å². The Balaban J connectivity index is 2.91. The Labute approximate surface area is 113 Å². The third-order valence-electron chi connectivity index (χ3n) is 1.92. The molecule has 0 spiro atoms. The largest absolute Gasteiger partial charge is 0.478 e. The van der Waals surface area contributed by atoms with Crippen molar-refractivity contribution in [2.24, 2.45) is 0 Å². The van der Waals surface area contributed by atoms with Gasteiger partial charge in [-0.15, -0.1) is 0 Å². The number of hydrogen-bond donors (Lipinski definition) is 3. The van der Waals surface area contributed by atoms with E-state index in [1.54, 1.807) is 13.1 Å². The Morgan fingerprint density at radius 3 is 1.28 bits per heavy atom. The van der Waals surface area contributed by atoms with E-state index < -0.39 is 45.0 Å². The lowest BCUT2D eigenvalue weighted by molar-refractivity contribution is 0.140. The van der Waals surface area contributed by atoms with Gasteiger partial charge in [-0.25, -0.2) is 0 Å². The van der Waals surface area contributed by atoms with E-state index in [4.69, 9.17) is 20.6 Å². The van der Waals surface area contributed by atoms with Gasteiger partial charge in [0.2, 0.25) is 0 Å². The quantitative estimate of drug-likeness (QED) is 0.453. The van der Waals surface area contributed by atoms with Crippen LogP contribution in [0.15, 0.2) is 0 Å². The van der Waals surface area contributed by atoms with Gasteiger partial charge in [-0.3, -0.25) is 0 Å². The Hall–Kier alpha value is 0.764. The molecule has 4 unspecified atom stereocenters. The van der Waals surface area contributed by atoms with Gasteiger partial charge in [-0.2, -0.15) is 0 Å². The molecule has 1 aliphatic heterocycles. The van der Waals surface area contributed by atoms with Crippen LogP contribution < -0.4 is 0 Å². The average molecular weight is 349 g/mol. The number of rotatable bonds is 0. The third-order valence-corrected chi connectivity index (χ3v) is 17.3. The van der Waals surface area contributed by atoms with Crippen LogP contribution in [0.25, 0.3) is 0 Å². The summed E-state index contributed by atoms with van der Waals surface area (Å²) in [4.78, 5) is 30.0. The summed E-state index contributed by atoms with van der Waals surface area (Å²) in [5.74, 6) is 0. The summed E-state index contributed by atoms with van der Waals surface area (Å²) in [7, 11) is -15.0. The van der Waals surface area contributed by atoms with Gasteiger partial charge in [0.25, 0.3) is 0 Å². The van der Waals surface area contributed by atoms with Crippen LogP contribution in [0.5, 0.6) is 0 Å². The summed E-state index contributed by atoms with van der Waals surface area (Å²) in [6.07, 6.45) is 0. The van der Waals surface area contributed by atoms with Crippen molar-refractivity contribution in [1.29, 1.82) is 0 Å². The van der Waals surface area contributed by atoms with Gasteiger partial charge in [0.1, 0.15) is 0 Å². The third kappa shape index (κ3) is 5.82. The van der Waals surface area contributed by atoms with Gasteiger partial charge < -0.3 is 35.0 Å². The minimum atomic E-state index is -3.52. The first kappa shape index (κ1) is 16.8. The van der Waals surface area contributed by atoms with Gasteiger partial charge in [0.05, 0.1) is 0 Å². The van der Waals surface area contributed by atoms with E-state index in [9.17, 15) is 14.4 Å². The van der Waals surface area contributed by atoms with Crippen LogP contribution in [0.1, 0.15) is 0 Å². The Morgan fingerprint density at radius 1 is 0.667 bits per heavy atom. The molecule has 0 amide bonds. The van der Waals surface area contributed by atoms with Crippen molar-refractivity contribution in [3.8, 4) is 0 Å². The molecule has 0 aromatic rings. The fraction of sp³-hybridized carbons (Fsp3) is 1.00. The topological polar surface area (TPSA) is 107 Å². The zero-order valence-electron chi connectivity index (χ0n) is 11.0. The SMILES string of the molecule is C[SiH]1O[Si](C)(O)O[SiH](C)O[Si](C)(O)O[Si](C)(O)O1. The van der Waals surface area contributed by atoms with Crippen molar-refractivity contribution < 1.29 is 35.0 Å². The van der Waals surface area contributed by atoms with Gasteiger partial charge in [0.15, 0.2) is 0 Å². The minimum Gasteiger partial charge on any atom is -0.397 e. The molecule has 1 rings (SSSR count). The highest BCUT2D eigenvalue weighted by atomic mass is 28.5. The van der Waals surface area contributed by atoms with Crippen molar-refractivity contribution in [2.45, 2.75) is 32.7 Å². The van der Waals surface area contributed by atoms with Crippen molar-refractivity contribution in [2.75, 3.05) is 0 Å². The van der Waals surface area contributed by atoms with E-state index in [2.05, 4.69) is 0 Å². The molecule has 13 heteroatoms. The first-order valence-electron chi connectivity index (χ1n) is 5.49. The second-order valence-electron chi connectivity index (χ2n) is 4.40. The zero-order valence-corrected chi connectivity index (χ0v) is 16.3. The monoisotopic (exact) mass is 348 g/mol. The summed E-state index contributed by atoms with van der Waals surface area (Å²) in [5, 5.41) is 0. The Bertz CT molecular complexity index is 272. The normalized spacial score (nSPS) is 52.0. The summed E-state index contributed by atoms with van der Waals surface area (Å²) in [5.41, 5.74) is 0. The predicted molar refractivity (Wildman–Crippen MR) is 73.0 cm³/mol. The van der Waals surface area contributed by atoms with Gasteiger partial charge in [0, 0.05) is 19.6 Å². The highest BCUT2D eigenvalue weighted by molar-refractivity contribution is 6.82. The molecule has 18 heavy (non-hydrogen) atoms. The molecule has 1 saturated heterocycles. The molecule has 3 N–H and O–H groups in total. The van der Waals surface area contributed by atoms with Crippen molar-refractivity contribution in [3.05, 3.63) is 0 Å². The molecule has 0 aliphatic carbocycles. The first-order valence-corrected chi connectivity index (χ1v) is 16.5. The molecule has 1 heterocycles. The highest BCUT2D eigenvalue weighted by Crippen LogP contribution is 2.19. The minimum absolute atomic E-state index is 1.38. The van der Waals surface area contributed by atoms with Gasteiger partial charge in [-0.1, -0.05) is 0 Å². The lowest BCUT2D eigenvalue weighted by Gasteiger charge is -2.36. The first-order chi connectivity index (χ1) is 7.91. The fourth-order valence-corrected chi connectivity index (χ4v) is 17.6. The molecule has 0 radical (unpaired) electrons. The molecular weight excluding hydrogens is 328 g/mol. The molecule has 108 valence electrons. The van der Waals surface area contributed by atoms with Crippen LogP contribution >= 0.6 is 0 Å². The molecule has 1 fully saturated rings. The van der Waals surface area contributed by atoms with Gasteiger partial charge in [-0.05, 0) is 13.1 Å². The van der Waals surface area contributed by atoms with Crippen molar-refractivity contribution >= 4 is 45.0 Å². The standard InChI is InChI=1S/C5H20O8Si5/c1-14-9-16(3,6)10-15(2)12-18(5,8)13-17(4,7)11-14/h6-8,14-15H,1-5H3. The molecule has 4 atom stereocenters. The maximum Gasteiger partial charge on any atom is 0.478 e. The second-order valence-corrected chi connectivity index (χ2v) is 16.6. The predicted octanol–water partition coefficient (Wildman–Crippen LogP) is -1.53. The molecule has 0 aromatic heterocycles. The highest BCUT2D eigenvalue weighted by Gasteiger charge is 2.49. The zero-order chi connectivity index (χ0) is 14.2. The molecular formula is C5H20O8Si5. The van der Waals surface area contributed by atoms with Crippen molar-refractivity contribution in [1.82, 2.24) is 0 Å². The summed E-state index contributed by atoms with van der Waals surface area (Å²) in [6.45, 7) is 7.54. The van der Waals surface area contributed by atoms with E-state index in [1.807, 2.05) is 0 Å². The maximum absolute atomic E-state index is 10.0. The second kappa shape index (κ2) is 5.64. The lowest BCUT2D eigenvalue weighted by Crippen LogP contribution is -2.60. The van der Waals surface area contributed by atoms with Crippen LogP contribution in [0.3, 0.4) is 0 Å². The average Bonchev–Trinajstić information content (AvgIpc) is 1.90. The summed E-state index contributed by atoms with van der Waals surface area (Å²) >= 11 is 0. The summed E-state index contributed by atoms with van der Waals surface area (Å²) in [6, 6.07) is 0. The van der Waals surface area contributed by atoms with E-state index in [1.165, 1.54) is 19.6 Å². The van der Waals surface area contributed by atoms with Gasteiger partial charge >= 0.3 is 45.0 Å². The molecule has 8 nitrogen and oxygen atoms in total. The van der Waals surface area contributed by atoms with Crippen LogP contribution in [-0.4, -0.2) is 59.4 Å². The maximum atomic E-state index is 10.0. The summed E-state index contributed by atoms with van der Waals surface area (Å²) < 4.78 is 26.5. The van der Waals surface area contributed by atoms with Crippen LogP contribution in [0.2, 0.25) is 32.7 Å².